The van der Waals surface area contributed by atoms with Crippen molar-refractivity contribution in [2.45, 2.75) is 18.9 Å². The predicted molar refractivity (Wildman–Crippen MR) is 71.6 cm³/mol. The Morgan fingerprint density at radius 1 is 1.35 bits per heavy atom. The molecule has 0 bridgehead atoms. The van der Waals surface area contributed by atoms with E-state index in [9.17, 15) is 8.78 Å². The summed E-state index contributed by atoms with van der Waals surface area (Å²) in [6.45, 7) is 2.75. The lowest BCUT2D eigenvalue weighted by Crippen LogP contribution is -2.22. The number of aromatic nitrogens is 2. The molecule has 1 fully saturated rings. The van der Waals surface area contributed by atoms with E-state index < -0.39 is 5.82 Å². The summed E-state index contributed by atoms with van der Waals surface area (Å²) in [5.41, 5.74) is 1.26. The molecule has 1 aliphatic heterocycles. The van der Waals surface area contributed by atoms with Crippen LogP contribution in [-0.2, 0) is 7.05 Å². The van der Waals surface area contributed by atoms with Gasteiger partial charge in [0.15, 0.2) is 0 Å². The molecule has 0 N–H and O–H groups in total. The number of nitrogens with zero attached hydrogens (tertiary/aromatic N) is 3. The van der Waals surface area contributed by atoms with Crippen LogP contribution < -0.4 is 0 Å². The van der Waals surface area contributed by atoms with Crippen LogP contribution in [0, 0.1) is 18.2 Å². The minimum atomic E-state index is -0.397. The summed E-state index contributed by atoms with van der Waals surface area (Å²) >= 11 is 0. The predicted octanol–water partition coefficient (Wildman–Crippen LogP) is 3.05. The molecule has 3 rings (SSSR count). The molecule has 0 unspecified atom stereocenters. The van der Waals surface area contributed by atoms with E-state index in [4.69, 9.17) is 0 Å². The van der Waals surface area contributed by atoms with Gasteiger partial charge < -0.3 is 4.57 Å². The van der Waals surface area contributed by atoms with Crippen LogP contribution in [0.4, 0.5) is 8.78 Å². The van der Waals surface area contributed by atoms with Gasteiger partial charge in [-0.05, 0) is 37.6 Å². The lowest BCUT2D eigenvalue weighted by molar-refractivity contribution is 0.317. The van der Waals surface area contributed by atoms with Crippen LogP contribution in [0.15, 0.2) is 30.7 Å². The van der Waals surface area contributed by atoms with Gasteiger partial charge in [-0.2, -0.15) is 0 Å². The first kappa shape index (κ1) is 13.2. The fraction of sp³-hybridized carbons (Fsp3) is 0.333. The minimum Gasteiger partial charge on any atom is -0.340 e. The number of hydrogen-bond acceptors (Lipinski definition) is 2. The number of aryl methyl sites for hydroxylation is 1. The second-order valence-electron chi connectivity index (χ2n) is 5.15. The molecule has 20 heavy (non-hydrogen) atoms. The second-order valence-corrected chi connectivity index (χ2v) is 5.15. The Kier molecular flexibility index (Phi) is 3.53. The summed E-state index contributed by atoms with van der Waals surface area (Å²) in [5, 5.41) is 0. The highest BCUT2D eigenvalue weighted by Gasteiger charge is 2.29. The molecule has 1 aromatic heterocycles. The first-order chi connectivity index (χ1) is 9.63. The summed E-state index contributed by atoms with van der Waals surface area (Å²) < 4.78 is 29.1. The number of rotatable bonds is 3. The molecule has 5 heteroatoms. The summed E-state index contributed by atoms with van der Waals surface area (Å²) in [5.74, 6) is -0.746. The summed E-state index contributed by atoms with van der Waals surface area (Å²) in [6, 6.07) is 3.53. The SMILES string of the molecule is Cn1cnc([CH]N2CCC[C@@H]2c2cc(F)ccc2F)c1. The van der Waals surface area contributed by atoms with Gasteiger partial charge in [0.25, 0.3) is 0 Å². The van der Waals surface area contributed by atoms with Crippen molar-refractivity contribution in [3.8, 4) is 0 Å². The highest BCUT2D eigenvalue weighted by atomic mass is 19.1. The lowest BCUT2D eigenvalue weighted by atomic mass is 10.0. The third-order valence-electron chi connectivity index (χ3n) is 3.63. The molecule has 2 aromatic rings. The van der Waals surface area contributed by atoms with Crippen molar-refractivity contribution in [2.24, 2.45) is 7.05 Å². The molecule has 0 aliphatic carbocycles. The fourth-order valence-electron chi connectivity index (χ4n) is 2.72. The molecule has 105 valence electrons. The summed E-state index contributed by atoms with van der Waals surface area (Å²) in [7, 11) is 1.90. The van der Waals surface area contributed by atoms with E-state index in [1.54, 1.807) is 6.33 Å². The zero-order chi connectivity index (χ0) is 14.1. The normalized spacial score (nSPS) is 19.6. The van der Waals surface area contributed by atoms with Gasteiger partial charge in [-0.15, -0.1) is 0 Å². The van der Waals surface area contributed by atoms with E-state index in [0.29, 0.717) is 5.56 Å². The van der Waals surface area contributed by atoms with Crippen LogP contribution in [0.3, 0.4) is 0 Å². The van der Waals surface area contributed by atoms with Crippen molar-refractivity contribution >= 4 is 0 Å². The molecule has 0 amide bonds. The average molecular weight is 276 g/mol. The van der Waals surface area contributed by atoms with E-state index in [-0.39, 0.29) is 11.9 Å². The molecule has 1 atom stereocenters. The largest absolute Gasteiger partial charge is 0.340 e. The van der Waals surface area contributed by atoms with Gasteiger partial charge in [0.1, 0.15) is 11.6 Å². The van der Waals surface area contributed by atoms with Crippen molar-refractivity contribution in [1.29, 1.82) is 0 Å². The quantitative estimate of drug-likeness (QED) is 0.859. The number of hydrogen-bond donors (Lipinski definition) is 0. The standard InChI is InChI=1S/C15H16F2N3/c1-19-8-12(18-10-19)9-20-6-2-3-15(20)13-7-11(16)4-5-14(13)17/h4-5,7-10,15H,2-3,6H2,1H3/t15-/m1/s1. The van der Waals surface area contributed by atoms with Crippen LogP contribution in [-0.4, -0.2) is 21.0 Å². The highest BCUT2D eigenvalue weighted by molar-refractivity contribution is 5.25. The summed E-state index contributed by atoms with van der Waals surface area (Å²) in [4.78, 5) is 6.29. The molecule has 1 radical (unpaired) electrons. The Morgan fingerprint density at radius 3 is 2.95 bits per heavy atom. The Morgan fingerprint density at radius 2 is 2.20 bits per heavy atom. The van der Waals surface area contributed by atoms with Gasteiger partial charge >= 0.3 is 0 Å². The van der Waals surface area contributed by atoms with E-state index in [2.05, 4.69) is 4.98 Å². The fourth-order valence-corrected chi connectivity index (χ4v) is 2.72. The molecule has 0 saturated carbocycles. The second kappa shape index (κ2) is 5.32. The van der Waals surface area contributed by atoms with Gasteiger partial charge in [-0.25, -0.2) is 13.8 Å². The summed E-state index contributed by atoms with van der Waals surface area (Å²) in [6.07, 6.45) is 5.41. The monoisotopic (exact) mass is 276 g/mol. The number of benzene rings is 1. The van der Waals surface area contributed by atoms with Crippen molar-refractivity contribution in [1.82, 2.24) is 14.5 Å². The van der Waals surface area contributed by atoms with Crippen molar-refractivity contribution in [3.05, 3.63) is 60.2 Å². The highest BCUT2D eigenvalue weighted by Crippen LogP contribution is 2.35. The first-order valence-electron chi connectivity index (χ1n) is 6.67. The first-order valence-corrected chi connectivity index (χ1v) is 6.67. The molecule has 2 heterocycles. The molecule has 1 aliphatic rings. The topological polar surface area (TPSA) is 21.1 Å². The number of imidazole rings is 1. The zero-order valence-electron chi connectivity index (χ0n) is 11.3. The Bertz CT molecular complexity index is 609. The number of halogens is 2. The van der Waals surface area contributed by atoms with E-state index in [1.165, 1.54) is 12.1 Å². The molecular formula is C15H16F2N3. The third kappa shape index (κ3) is 2.58. The molecule has 1 saturated heterocycles. The molecule has 1 aromatic carbocycles. The van der Waals surface area contributed by atoms with Gasteiger partial charge in [-0.3, -0.25) is 4.90 Å². The molecule has 0 spiro atoms. The van der Waals surface area contributed by atoms with Crippen molar-refractivity contribution in [3.63, 3.8) is 0 Å². The van der Waals surface area contributed by atoms with Crippen LogP contribution in [0.1, 0.15) is 30.1 Å². The minimum absolute atomic E-state index is 0.118. The maximum absolute atomic E-state index is 13.9. The zero-order valence-corrected chi connectivity index (χ0v) is 11.3. The Hall–Kier alpha value is -1.75. The van der Waals surface area contributed by atoms with E-state index in [0.717, 1.165) is 31.1 Å². The van der Waals surface area contributed by atoms with Crippen molar-refractivity contribution < 1.29 is 8.78 Å². The maximum Gasteiger partial charge on any atom is 0.128 e. The Balaban J connectivity index is 1.83. The van der Waals surface area contributed by atoms with Gasteiger partial charge in [0.05, 0.1) is 18.6 Å². The maximum atomic E-state index is 13.9. The van der Waals surface area contributed by atoms with Gasteiger partial charge in [0.2, 0.25) is 0 Å². The smallest absolute Gasteiger partial charge is 0.128 e. The van der Waals surface area contributed by atoms with E-state index >= 15 is 0 Å². The molecule has 3 nitrogen and oxygen atoms in total. The Labute approximate surface area is 116 Å². The number of likely N-dealkylation sites (tertiary alicyclic amines) is 1. The van der Waals surface area contributed by atoms with Crippen LogP contribution >= 0.6 is 0 Å². The lowest BCUT2D eigenvalue weighted by Gasteiger charge is -2.23. The van der Waals surface area contributed by atoms with Gasteiger partial charge in [-0.1, -0.05) is 0 Å². The van der Waals surface area contributed by atoms with Gasteiger partial charge in [0, 0.05) is 24.8 Å². The average Bonchev–Trinajstić information content (AvgIpc) is 3.02. The van der Waals surface area contributed by atoms with Crippen LogP contribution in [0.2, 0.25) is 0 Å². The van der Waals surface area contributed by atoms with Crippen molar-refractivity contribution in [2.75, 3.05) is 6.54 Å². The molecular weight excluding hydrogens is 260 g/mol. The van der Waals surface area contributed by atoms with Crippen LogP contribution in [0.5, 0.6) is 0 Å². The third-order valence-corrected chi connectivity index (χ3v) is 3.63. The van der Waals surface area contributed by atoms with E-state index in [1.807, 2.05) is 29.3 Å². The van der Waals surface area contributed by atoms with Crippen LogP contribution in [0.25, 0.3) is 0 Å².